The fraction of sp³-hybridized carbons (Fsp3) is 0.263. The summed E-state index contributed by atoms with van der Waals surface area (Å²) in [4.78, 5) is 11.5. The molecular weight excluding hydrogens is 303 g/mol. The van der Waals surface area contributed by atoms with Crippen molar-refractivity contribution in [1.82, 2.24) is 9.97 Å². The van der Waals surface area contributed by atoms with Gasteiger partial charge in [0.2, 0.25) is 5.95 Å². The predicted octanol–water partition coefficient (Wildman–Crippen LogP) is 3.36. The van der Waals surface area contributed by atoms with Crippen molar-refractivity contribution in [3.63, 3.8) is 0 Å². The molecule has 4 rings (SSSR count). The van der Waals surface area contributed by atoms with Crippen LogP contribution in [0, 0.1) is 5.82 Å². The molecule has 2 heterocycles. The molecule has 1 aliphatic heterocycles. The molecule has 24 heavy (non-hydrogen) atoms. The largest absolute Gasteiger partial charge is 0.339 e. The Labute approximate surface area is 140 Å². The molecule has 0 spiro atoms. The van der Waals surface area contributed by atoms with Crippen molar-refractivity contribution in [3.8, 4) is 11.3 Å². The fourth-order valence-corrected chi connectivity index (χ4v) is 3.26. The molecule has 0 radical (unpaired) electrons. The monoisotopic (exact) mass is 322 g/mol. The Bertz CT molecular complexity index is 880. The van der Waals surface area contributed by atoms with Crippen LogP contribution >= 0.6 is 0 Å². The second kappa shape index (κ2) is 6.17. The minimum Gasteiger partial charge on any atom is -0.339 e. The lowest BCUT2D eigenvalue weighted by molar-refractivity contribution is 0.500. The van der Waals surface area contributed by atoms with E-state index in [1.165, 1.54) is 6.07 Å². The normalized spacial score (nSPS) is 18.1. The molecule has 1 fully saturated rings. The molecule has 122 valence electrons. The molecule has 5 heteroatoms. The lowest BCUT2D eigenvalue weighted by atomic mass is 10.1. The van der Waals surface area contributed by atoms with Crippen molar-refractivity contribution in [2.45, 2.75) is 18.9 Å². The summed E-state index contributed by atoms with van der Waals surface area (Å²) < 4.78 is 14.3. The summed E-state index contributed by atoms with van der Waals surface area (Å²) in [6, 6.07) is 14.6. The van der Waals surface area contributed by atoms with Crippen LogP contribution in [0.1, 0.15) is 12.8 Å². The molecule has 2 N–H and O–H groups in total. The van der Waals surface area contributed by atoms with Gasteiger partial charge >= 0.3 is 0 Å². The number of hydrogen-bond donors (Lipinski definition) is 1. The highest BCUT2D eigenvalue weighted by Gasteiger charge is 2.21. The highest BCUT2D eigenvalue weighted by atomic mass is 19.1. The molecule has 1 saturated heterocycles. The Kier molecular flexibility index (Phi) is 3.86. The van der Waals surface area contributed by atoms with E-state index in [9.17, 15) is 4.39 Å². The molecule has 3 aromatic rings. The van der Waals surface area contributed by atoms with E-state index in [0.29, 0.717) is 17.2 Å². The number of benzene rings is 2. The Hall–Kier alpha value is -2.53. The van der Waals surface area contributed by atoms with Gasteiger partial charge in [0, 0.05) is 30.1 Å². The maximum absolute atomic E-state index is 14.3. The second-order valence-corrected chi connectivity index (χ2v) is 6.22. The Morgan fingerprint density at radius 2 is 1.83 bits per heavy atom. The number of para-hydroxylation sites is 1. The predicted molar refractivity (Wildman–Crippen MR) is 94.4 cm³/mol. The smallest absolute Gasteiger partial charge is 0.226 e. The number of piperidine rings is 1. The molecule has 0 amide bonds. The van der Waals surface area contributed by atoms with Crippen LogP contribution in [0.25, 0.3) is 22.2 Å². The van der Waals surface area contributed by atoms with E-state index in [-0.39, 0.29) is 11.9 Å². The van der Waals surface area contributed by atoms with Crippen LogP contribution in [0.4, 0.5) is 10.3 Å². The van der Waals surface area contributed by atoms with Crippen LogP contribution < -0.4 is 10.6 Å². The van der Waals surface area contributed by atoms with Crippen molar-refractivity contribution in [2.75, 3.05) is 18.0 Å². The summed E-state index contributed by atoms with van der Waals surface area (Å²) in [5.74, 6) is 0.352. The van der Waals surface area contributed by atoms with Gasteiger partial charge in [-0.2, -0.15) is 0 Å². The van der Waals surface area contributed by atoms with Gasteiger partial charge in [-0.3, -0.25) is 0 Å². The highest BCUT2D eigenvalue weighted by molar-refractivity contribution is 5.93. The van der Waals surface area contributed by atoms with Gasteiger partial charge in [-0.05, 0) is 31.0 Å². The summed E-state index contributed by atoms with van der Waals surface area (Å²) in [6.45, 7) is 1.61. The van der Waals surface area contributed by atoms with Crippen LogP contribution in [0.5, 0.6) is 0 Å². The zero-order valence-electron chi connectivity index (χ0n) is 13.3. The van der Waals surface area contributed by atoms with E-state index in [2.05, 4.69) is 9.88 Å². The summed E-state index contributed by atoms with van der Waals surface area (Å²) in [6.07, 6.45) is 2.04. The maximum Gasteiger partial charge on any atom is 0.226 e. The maximum atomic E-state index is 14.3. The Morgan fingerprint density at radius 3 is 2.67 bits per heavy atom. The summed E-state index contributed by atoms with van der Waals surface area (Å²) in [5.41, 5.74) is 8.04. The Morgan fingerprint density at radius 1 is 1.04 bits per heavy atom. The van der Waals surface area contributed by atoms with E-state index < -0.39 is 0 Å². The van der Waals surface area contributed by atoms with Crippen LogP contribution in [0.15, 0.2) is 48.5 Å². The summed E-state index contributed by atoms with van der Waals surface area (Å²) in [7, 11) is 0. The zero-order valence-corrected chi connectivity index (χ0v) is 13.3. The van der Waals surface area contributed by atoms with Gasteiger partial charge in [0.05, 0.1) is 11.2 Å². The van der Waals surface area contributed by atoms with Gasteiger partial charge in [-0.15, -0.1) is 0 Å². The van der Waals surface area contributed by atoms with Crippen molar-refractivity contribution in [2.24, 2.45) is 5.73 Å². The number of nitrogens with zero attached hydrogens (tertiary/aromatic N) is 3. The highest BCUT2D eigenvalue weighted by Crippen LogP contribution is 2.30. The van der Waals surface area contributed by atoms with E-state index >= 15 is 0 Å². The lowest BCUT2D eigenvalue weighted by Gasteiger charge is -2.31. The zero-order chi connectivity index (χ0) is 16.5. The van der Waals surface area contributed by atoms with E-state index in [0.717, 1.165) is 36.8 Å². The topological polar surface area (TPSA) is 55.0 Å². The average molecular weight is 322 g/mol. The van der Waals surface area contributed by atoms with E-state index in [4.69, 9.17) is 10.7 Å². The van der Waals surface area contributed by atoms with E-state index in [1.807, 2.05) is 30.3 Å². The van der Waals surface area contributed by atoms with Crippen molar-refractivity contribution < 1.29 is 4.39 Å². The third-order valence-corrected chi connectivity index (χ3v) is 4.46. The molecule has 1 aliphatic rings. The van der Waals surface area contributed by atoms with Crippen molar-refractivity contribution in [1.29, 1.82) is 0 Å². The number of halogens is 1. The molecular formula is C19H19FN4. The first kappa shape index (κ1) is 15.0. The lowest BCUT2D eigenvalue weighted by Crippen LogP contribution is -2.43. The minimum absolute atomic E-state index is 0.130. The van der Waals surface area contributed by atoms with Crippen molar-refractivity contribution >= 4 is 16.9 Å². The first-order valence-electron chi connectivity index (χ1n) is 8.24. The standard InChI is InChI=1S/C19H19FN4/c20-16-9-3-1-7-14(16)18-15-8-2-4-10-17(15)22-19(23-18)24-11-5-6-13(21)12-24/h1-4,7-10,13H,5-6,11-12,21H2/t13-/m0/s1. The average Bonchev–Trinajstić information content (AvgIpc) is 2.61. The number of hydrogen-bond acceptors (Lipinski definition) is 4. The number of nitrogens with two attached hydrogens (primary N) is 1. The van der Waals surface area contributed by atoms with Gasteiger partial charge in [0.1, 0.15) is 5.82 Å². The Balaban J connectivity index is 1.90. The molecule has 0 aliphatic carbocycles. The van der Waals surface area contributed by atoms with Gasteiger partial charge in [-0.25, -0.2) is 14.4 Å². The third-order valence-electron chi connectivity index (χ3n) is 4.46. The molecule has 4 nitrogen and oxygen atoms in total. The first-order valence-corrected chi connectivity index (χ1v) is 8.24. The number of rotatable bonds is 2. The van der Waals surface area contributed by atoms with Crippen molar-refractivity contribution in [3.05, 3.63) is 54.3 Å². The number of anilines is 1. The fourth-order valence-electron chi connectivity index (χ4n) is 3.26. The second-order valence-electron chi connectivity index (χ2n) is 6.22. The molecule has 0 saturated carbocycles. The number of fused-ring (bicyclic) bond motifs is 1. The molecule has 0 unspecified atom stereocenters. The third kappa shape index (κ3) is 2.71. The molecule has 2 aromatic carbocycles. The summed E-state index contributed by atoms with van der Waals surface area (Å²) in [5, 5.41) is 0.854. The first-order chi connectivity index (χ1) is 11.7. The van der Waals surface area contributed by atoms with Gasteiger partial charge in [0.15, 0.2) is 0 Å². The number of aromatic nitrogens is 2. The molecule has 1 atom stereocenters. The van der Waals surface area contributed by atoms with Crippen LogP contribution in [0.3, 0.4) is 0 Å². The van der Waals surface area contributed by atoms with Gasteiger partial charge in [-0.1, -0.05) is 30.3 Å². The van der Waals surface area contributed by atoms with Gasteiger partial charge < -0.3 is 10.6 Å². The minimum atomic E-state index is -0.275. The van der Waals surface area contributed by atoms with Crippen LogP contribution in [-0.2, 0) is 0 Å². The van der Waals surface area contributed by atoms with E-state index in [1.54, 1.807) is 12.1 Å². The molecule has 0 bridgehead atoms. The summed E-state index contributed by atoms with van der Waals surface area (Å²) >= 11 is 0. The van der Waals surface area contributed by atoms with Crippen LogP contribution in [0.2, 0.25) is 0 Å². The van der Waals surface area contributed by atoms with Gasteiger partial charge in [0.25, 0.3) is 0 Å². The SMILES string of the molecule is N[C@H]1CCCN(c2nc(-c3ccccc3F)c3ccccc3n2)C1. The quantitative estimate of drug-likeness (QED) is 0.786. The van der Waals surface area contributed by atoms with Crippen LogP contribution in [-0.4, -0.2) is 29.1 Å². The molecule has 1 aromatic heterocycles.